The van der Waals surface area contributed by atoms with Gasteiger partial charge in [-0.15, -0.1) is 0 Å². The minimum absolute atomic E-state index is 0.0440. The highest BCUT2D eigenvalue weighted by atomic mass is 35.5. The van der Waals surface area contributed by atoms with Crippen molar-refractivity contribution in [3.05, 3.63) is 35.2 Å². The number of nitrogens with two attached hydrogens (primary N) is 1. The summed E-state index contributed by atoms with van der Waals surface area (Å²) in [7, 11) is 1.37. The van der Waals surface area contributed by atoms with Crippen molar-refractivity contribution >= 4 is 52.3 Å². The van der Waals surface area contributed by atoms with Gasteiger partial charge in [0.05, 0.1) is 24.0 Å². The van der Waals surface area contributed by atoms with E-state index in [0.29, 0.717) is 61.8 Å². The fourth-order valence-corrected chi connectivity index (χ4v) is 5.52. The average molecular weight is 545 g/mol. The normalized spacial score (nSPS) is 21.8. The van der Waals surface area contributed by atoms with E-state index >= 15 is 0 Å². The highest BCUT2D eigenvalue weighted by Gasteiger charge is 2.30. The number of methoxy groups -OCH3 is 1. The highest BCUT2D eigenvalue weighted by molar-refractivity contribution is 6.33. The number of primary amides is 1. The van der Waals surface area contributed by atoms with E-state index in [-0.39, 0.29) is 40.7 Å². The van der Waals surface area contributed by atoms with Crippen LogP contribution in [0.1, 0.15) is 44.6 Å². The molecule has 0 bridgehead atoms. The van der Waals surface area contributed by atoms with Crippen LogP contribution in [0.2, 0.25) is 5.02 Å². The van der Waals surface area contributed by atoms with E-state index in [1.165, 1.54) is 19.2 Å². The van der Waals surface area contributed by atoms with Crippen molar-refractivity contribution in [1.29, 1.82) is 0 Å². The minimum Gasteiger partial charge on any atom is -0.453 e. The molecule has 2 aliphatic rings. The molecule has 2 amide bonds. The summed E-state index contributed by atoms with van der Waals surface area (Å²) in [6.07, 6.45) is 5.58. The molecule has 5 rings (SSSR count). The molecule has 1 atom stereocenters. The molecule has 2 fully saturated rings. The van der Waals surface area contributed by atoms with Crippen molar-refractivity contribution in [3.8, 4) is 0 Å². The monoisotopic (exact) mass is 544 g/mol. The maximum absolute atomic E-state index is 14.6. The summed E-state index contributed by atoms with van der Waals surface area (Å²) in [5, 5.41) is 6.62. The number of nitrogens with one attached hydrogen (secondary N) is 2. The Morgan fingerprint density at radius 2 is 1.97 bits per heavy atom. The van der Waals surface area contributed by atoms with Gasteiger partial charge in [-0.25, -0.2) is 19.2 Å². The number of anilines is 3. The number of rotatable bonds is 6. The second kappa shape index (κ2) is 11.0. The number of benzene rings is 1. The van der Waals surface area contributed by atoms with Crippen LogP contribution in [0.4, 0.5) is 26.8 Å². The molecule has 0 unspecified atom stereocenters. The summed E-state index contributed by atoms with van der Waals surface area (Å²) in [6, 6.07) is 4.37. The lowest BCUT2D eigenvalue weighted by Gasteiger charge is -2.32. The topological polar surface area (TPSA) is 140 Å². The lowest BCUT2D eigenvalue weighted by atomic mass is 9.85. The van der Waals surface area contributed by atoms with E-state index in [9.17, 15) is 14.0 Å². The SMILES string of the molecule is COC(=O)N1CCC[C@@H](Nc2ncc3nc(Nc4c(F)cccc4Cl)n(C4CCC(C(N)=O)CC4)c3n2)C1. The van der Waals surface area contributed by atoms with Gasteiger partial charge in [0, 0.05) is 31.1 Å². The quantitative estimate of drug-likeness (QED) is 0.419. The number of likely N-dealkylation sites (tertiary alicyclic amines) is 1. The summed E-state index contributed by atoms with van der Waals surface area (Å²) in [5.74, 6) is -0.186. The number of carbonyl (C=O) groups excluding carboxylic acids is 2. The molecular formula is C25H30ClFN8O3. The molecule has 3 heterocycles. The number of aromatic nitrogens is 4. The third kappa shape index (κ3) is 5.31. The maximum Gasteiger partial charge on any atom is 0.409 e. The summed E-state index contributed by atoms with van der Waals surface area (Å²) < 4.78 is 21.4. The zero-order chi connectivity index (χ0) is 26.8. The van der Waals surface area contributed by atoms with Crippen LogP contribution in [-0.2, 0) is 9.53 Å². The molecule has 2 aromatic heterocycles. The number of hydrogen-bond donors (Lipinski definition) is 3. The number of amides is 2. The van der Waals surface area contributed by atoms with Gasteiger partial charge >= 0.3 is 6.09 Å². The maximum atomic E-state index is 14.6. The Kier molecular flexibility index (Phi) is 7.50. The molecule has 0 spiro atoms. The Morgan fingerprint density at radius 1 is 1.18 bits per heavy atom. The Morgan fingerprint density at radius 3 is 2.68 bits per heavy atom. The van der Waals surface area contributed by atoms with E-state index in [1.54, 1.807) is 17.2 Å². The number of fused-ring (bicyclic) bond motifs is 1. The number of hydrogen-bond acceptors (Lipinski definition) is 8. The lowest BCUT2D eigenvalue weighted by Crippen LogP contribution is -2.45. The summed E-state index contributed by atoms with van der Waals surface area (Å²) in [6.45, 7) is 1.11. The molecular weight excluding hydrogens is 515 g/mol. The van der Waals surface area contributed by atoms with Crippen molar-refractivity contribution in [2.45, 2.75) is 50.6 Å². The lowest BCUT2D eigenvalue weighted by molar-refractivity contribution is -0.122. The number of para-hydroxylation sites is 1. The van der Waals surface area contributed by atoms with Gasteiger partial charge in [0.25, 0.3) is 0 Å². The number of ether oxygens (including phenoxy) is 1. The predicted molar refractivity (Wildman–Crippen MR) is 141 cm³/mol. The molecule has 0 radical (unpaired) electrons. The highest BCUT2D eigenvalue weighted by Crippen LogP contribution is 2.38. The van der Waals surface area contributed by atoms with Gasteiger partial charge in [-0.05, 0) is 50.7 Å². The minimum atomic E-state index is -0.505. The van der Waals surface area contributed by atoms with E-state index in [0.717, 1.165) is 12.8 Å². The molecule has 3 aromatic rings. The molecule has 1 aliphatic carbocycles. The molecule has 13 heteroatoms. The first-order valence-corrected chi connectivity index (χ1v) is 13.1. The molecule has 1 aromatic carbocycles. The average Bonchev–Trinajstić information content (AvgIpc) is 3.27. The van der Waals surface area contributed by atoms with Gasteiger partial charge < -0.3 is 26.0 Å². The third-order valence-electron chi connectivity index (χ3n) is 7.28. The van der Waals surface area contributed by atoms with Gasteiger partial charge in [-0.2, -0.15) is 4.98 Å². The van der Waals surface area contributed by atoms with Crippen LogP contribution in [0.3, 0.4) is 0 Å². The molecule has 11 nitrogen and oxygen atoms in total. The second-order valence-electron chi connectivity index (χ2n) is 9.74. The number of carbonyl (C=O) groups is 2. The zero-order valence-electron chi connectivity index (χ0n) is 21.0. The molecule has 202 valence electrons. The Bertz CT molecular complexity index is 1320. The van der Waals surface area contributed by atoms with Gasteiger partial charge in [0.15, 0.2) is 5.65 Å². The number of halogens is 2. The summed E-state index contributed by atoms with van der Waals surface area (Å²) >= 11 is 6.28. The molecule has 4 N–H and O–H groups in total. The van der Waals surface area contributed by atoms with Crippen LogP contribution in [0.5, 0.6) is 0 Å². The van der Waals surface area contributed by atoms with Crippen LogP contribution < -0.4 is 16.4 Å². The molecule has 1 saturated carbocycles. The largest absolute Gasteiger partial charge is 0.453 e. The first kappa shape index (κ1) is 26.0. The van der Waals surface area contributed by atoms with Crippen LogP contribution >= 0.6 is 11.6 Å². The van der Waals surface area contributed by atoms with Crippen LogP contribution in [0.25, 0.3) is 11.2 Å². The molecule has 1 saturated heterocycles. The number of nitrogens with zero attached hydrogens (tertiary/aromatic N) is 5. The van der Waals surface area contributed by atoms with E-state index in [2.05, 4.69) is 20.6 Å². The first-order chi connectivity index (χ1) is 18.3. The van der Waals surface area contributed by atoms with Crippen molar-refractivity contribution in [2.24, 2.45) is 11.7 Å². The first-order valence-electron chi connectivity index (χ1n) is 12.7. The fourth-order valence-electron chi connectivity index (χ4n) is 5.31. The standard InChI is InChI=1S/C25H30ClFN8O3/c1-38-25(37)34-11-3-4-15(13-34)30-23-29-12-19-22(33-23)35(16-9-7-14(8-10-16)21(28)36)24(31-19)32-20-17(26)5-2-6-18(20)27/h2,5-6,12,14-16H,3-4,7-11,13H2,1H3,(H2,28,36)(H,31,32)(H,29,30,33)/t14?,15-,16?/m1/s1. The van der Waals surface area contributed by atoms with Gasteiger partial charge in [0.1, 0.15) is 11.3 Å². The van der Waals surface area contributed by atoms with Crippen LogP contribution in [0.15, 0.2) is 24.4 Å². The van der Waals surface area contributed by atoms with Crippen molar-refractivity contribution in [1.82, 2.24) is 24.4 Å². The zero-order valence-corrected chi connectivity index (χ0v) is 21.7. The van der Waals surface area contributed by atoms with E-state index in [4.69, 9.17) is 27.1 Å². The van der Waals surface area contributed by atoms with Crippen molar-refractivity contribution < 1.29 is 18.7 Å². The van der Waals surface area contributed by atoms with Crippen molar-refractivity contribution in [3.63, 3.8) is 0 Å². The van der Waals surface area contributed by atoms with E-state index in [1.807, 2.05) is 4.57 Å². The van der Waals surface area contributed by atoms with Crippen LogP contribution in [-0.4, -0.2) is 62.7 Å². The van der Waals surface area contributed by atoms with Gasteiger partial charge in [0.2, 0.25) is 17.8 Å². The van der Waals surface area contributed by atoms with Crippen molar-refractivity contribution in [2.75, 3.05) is 30.8 Å². The Hall–Kier alpha value is -3.67. The van der Waals surface area contributed by atoms with Gasteiger partial charge in [-0.1, -0.05) is 17.7 Å². The fraction of sp³-hybridized carbons (Fsp3) is 0.480. The summed E-state index contributed by atoms with van der Waals surface area (Å²) in [4.78, 5) is 39.3. The predicted octanol–water partition coefficient (Wildman–Crippen LogP) is 4.22. The second-order valence-corrected chi connectivity index (χ2v) is 10.1. The Balaban J connectivity index is 1.47. The summed E-state index contributed by atoms with van der Waals surface area (Å²) in [5.41, 5.74) is 6.76. The van der Waals surface area contributed by atoms with E-state index < -0.39 is 5.82 Å². The smallest absolute Gasteiger partial charge is 0.409 e. The Labute approximate surface area is 223 Å². The van der Waals surface area contributed by atoms with Gasteiger partial charge in [-0.3, -0.25) is 9.36 Å². The van der Waals surface area contributed by atoms with Crippen LogP contribution in [0, 0.1) is 11.7 Å². The number of piperidine rings is 1. The molecule has 38 heavy (non-hydrogen) atoms. The number of imidazole rings is 1. The molecule has 1 aliphatic heterocycles. The third-order valence-corrected chi connectivity index (χ3v) is 7.60.